The number of allylic oxidation sites excluding steroid dienone is 1. The number of aromatic nitrogens is 3. The van der Waals surface area contributed by atoms with Gasteiger partial charge in [-0.3, -0.25) is 4.79 Å². The Morgan fingerprint density at radius 2 is 2.18 bits per heavy atom. The summed E-state index contributed by atoms with van der Waals surface area (Å²) in [5.74, 6) is 0.937. The number of nitrogens with zero attached hydrogens (tertiary/aromatic N) is 3. The van der Waals surface area contributed by atoms with Crippen LogP contribution in [-0.2, 0) is 20.8 Å². The molecule has 3 heterocycles. The molecule has 2 aliphatic carbocycles. The molecular formula is C25H30N4O4. The Hall–Kier alpha value is -2.71. The first-order valence-corrected chi connectivity index (χ1v) is 11.8. The minimum atomic E-state index is -0.149. The number of para-hydroxylation sites is 2. The van der Waals surface area contributed by atoms with Gasteiger partial charge in [0.25, 0.3) is 0 Å². The fourth-order valence-corrected chi connectivity index (χ4v) is 6.27. The van der Waals surface area contributed by atoms with Gasteiger partial charge in [0.15, 0.2) is 0 Å². The number of hydrogen-bond donors (Lipinski definition) is 1. The molecule has 4 aliphatic rings. The molecule has 0 unspecified atom stereocenters. The molecule has 0 amide bonds. The van der Waals surface area contributed by atoms with E-state index in [1.807, 2.05) is 30.5 Å². The third-order valence-electron chi connectivity index (χ3n) is 8.14. The number of benzene rings is 1. The highest BCUT2D eigenvalue weighted by Crippen LogP contribution is 2.62. The summed E-state index contributed by atoms with van der Waals surface area (Å²) < 4.78 is 19.2. The molecule has 8 heteroatoms. The zero-order valence-corrected chi connectivity index (χ0v) is 19.3. The van der Waals surface area contributed by atoms with Crippen molar-refractivity contribution in [2.24, 2.45) is 17.8 Å². The number of fused-ring (bicyclic) bond motifs is 5. The highest BCUT2D eigenvalue weighted by molar-refractivity contribution is 5.76. The molecule has 3 fully saturated rings. The first kappa shape index (κ1) is 20.9. The van der Waals surface area contributed by atoms with E-state index >= 15 is 0 Å². The summed E-state index contributed by atoms with van der Waals surface area (Å²) >= 11 is 0. The third-order valence-corrected chi connectivity index (χ3v) is 8.14. The molecule has 1 saturated carbocycles. The maximum Gasteiger partial charge on any atom is 0.310 e. The second-order valence-electron chi connectivity index (χ2n) is 9.95. The van der Waals surface area contributed by atoms with E-state index in [-0.39, 0.29) is 35.4 Å². The van der Waals surface area contributed by atoms with E-state index in [0.29, 0.717) is 19.2 Å². The average Bonchev–Trinajstić information content (AvgIpc) is 3.10. The maximum absolute atomic E-state index is 12.9. The van der Waals surface area contributed by atoms with E-state index in [9.17, 15) is 4.79 Å². The largest absolute Gasteiger partial charge is 0.494 e. The summed E-state index contributed by atoms with van der Waals surface area (Å²) in [7, 11) is 1.64. The molecule has 2 saturated heterocycles. The Balaban J connectivity index is 1.13. The Morgan fingerprint density at radius 3 is 3.03 bits per heavy atom. The number of nitrogens with one attached hydrogen (secondary N) is 1. The molecule has 2 aromatic rings. The zero-order valence-electron chi connectivity index (χ0n) is 19.3. The Morgan fingerprint density at radius 1 is 1.33 bits per heavy atom. The fraction of sp³-hybridized carbons (Fsp3) is 0.560. The fourth-order valence-electron chi connectivity index (χ4n) is 6.27. The van der Waals surface area contributed by atoms with Gasteiger partial charge in [0, 0.05) is 24.9 Å². The average molecular weight is 451 g/mol. The van der Waals surface area contributed by atoms with E-state index in [1.165, 1.54) is 11.1 Å². The number of esters is 1. The predicted octanol–water partition coefficient (Wildman–Crippen LogP) is 2.81. The van der Waals surface area contributed by atoms with E-state index in [2.05, 4.69) is 29.5 Å². The quantitative estimate of drug-likeness (QED) is 0.411. The van der Waals surface area contributed by atoms with Crippen LogP contribution >= 0.6 is 0 Å². The molecule has 33 heavy (non-hydrogen) atoms. The van der Waals surface area contributed by atoms with Crippen molar-refractivity contribution >= 4 is 5.97 Å². The second-order valence-corrected chi connectivity index (χ2v) is 9.95. The van der Waals surface area contributed by atoms with Crippen molar-refractivity contribution in [2.75, 3.05) is 13.7 Å². The summed E-state index contributed by atoms with van der Waals surface area (Å²) in [6.45, 7) is 5.54. The van der Waals surface area contributed by atoms with E-state index < -0.39 is 0 Å². The van der Waals surface area contributed by atoms with Crippen molar-refractivity contribution in [3.63, 3.8) is 0 Å². The van der Waals surface area contributed by atoms with Gasteiger partial charge in [0.2, 0.25) is 0 Å². The number of ether oxygens (including phenoxy) is 3. The van der Waals surface area contributed by atoms with Crippen LogP contribution in [0.15, 0.2) is 41.6 Å². The molecule has 1 aromatic carbocycles. The summed E-state index contributed by atoms with van der Waals surface area (Å²) in [6, 6.07) is 7.69. The minimum absolute atomic E-state index is 0.0688. The number of rotatable bonds is 6. The molecular weight excluding hydrogens is 420 g/mol. The zero-order chi connectivity index (χ0) is 22.7. The van der Waals surface area contributed by atoms with E-state index in [0.717, 1.165) is 36.4 Å². The summed E-state index contributed by atoms with van der Waals surface area (Å²) in [6.07, 6.45) is 5.14. The topological polar surface area (TPSA) is 90.8 Å². The SMILES string of the molecule is COc1ccccc1-n1cc(CNC[C@@H]2C(=O)O[C@H]3[C@H]2CCC(C)=C2C[C@H]4O[C@@]4(C)[C@@H]23)nn1. The van der Waals surface area contributed by atoms with Crippen LogP contribution in [0.4, 0.5) is 0 Å². The van der Waals surface area contributed by atoms with Gasteiger partial charge in [0.05, 0.1) is 31.0 Å². The Labute approximate surface area is 193 Å². The van der Waals surface area contributed by atoms with E-state index in [4.69, 9.17) is 14.2 Å². The number of epoxide rings is 1. The summed E-state index contributed by atoms with van der Waals surface area (Å²) in [4.78, 5) is 12.9. The number of carbonyl (C=O) groups excluding carboxylic acids is 1. The lowest BCUT2D eigenvalue weighted by molar-refractivity contribution is -0.146. The molecule has 8 nitrogen and oxygen atoms in total. The van der Waals surface area contributed by atoms with Gasteiger partial charge in [-0.1, -0.05) is 28.5 Å². The standard InChI is InChI=1S/C25H30N4O4/c1-14-8-9-16-18(24(30)32-23(16)22-17(14)10-21-25(22,2)33-21)12-26-11-15-13-29(28-27-15)19-6-4-5-7-20(19)31-3/h4-7,13,16,18,21-23,26H,8-12H2,1-3H3/t16-,18-,21+,22-,23-,25+/m0/s1. The lowest BCUT2D eigenvalue weighted by atomic mass is 9.78. The molecule has 6 atom stereocenters. The van der Waals surface area contributed by atoms with Crippen LogP contribution in [0.1, 0.15) is 38.8 Å². The lowest BCUT2D eigenvalue weighted by Gasteiger charge is -2.28. The van der Waals surface area contributed by atoms with Crippen molar-refractivity contribution in [3.05, 3.63) is 47.3 Å². The van der Waals surface area contributed by atoms with Gasteiger partial charge < -0.3 is 19.5 Å². The lowest BCUT2D eigenvalue weighted by Crippen LogP contribution is -2.37. The molecule has 0 bridgehead atoms. The number of carbonyl (C=O) groups is 1. The summed E-state index contributed by atoms with van der Waals surface area (Å²) in [5, 5.41) is 12.0. The second kappa shape index (κ2) is 7.67. The predicted molar refractivity (Wildman–Crippen MR) is 120 cm³/mol. The van der Waals surface area contributed by atoms with Crippen LogP contribution in [-0.4, -0.2) is 52.4 Å². The number of methoxy groups -OCH3 is 1. The van der Waals surface area contributed by atoms with Crippen molar-refractivity contribution in [1.82, 2.24) is 20.3 Å². The van der Waals surface area contributed by atoms with Gasteiger partial charge in [-0.05, 0) is 45.2 Å². The van der Waals surface area contributed by atoms with Crippen molar-refractivity contribution < 1.29 is 19.0 Å². The third kappa shape index (κ3) is 3.30. The Bertz CT molecular complexity index is 1130. The number of hydrogen-bond acceptors (Lipinski definition) is 7. The van der Waals surface area contributed by atoms with Gasteiger partial charge in [-0.15, -0.1) is 5.10 Å². The molecule has 2 aliphatic heterocycles. The van der Waals surface area contributed by atoms with Crippen LogP contribution in [0, 0.1) is 17.8 Å². The summed E-state index contributed by atoms with van der Waals surface area (Å²) in [5.41, 5.74) is 4.45. The first-order valence-electron chi connectivity index (χ1n) is 11.8. The highest BCUT2D eigenvalue weighted by Gasteiger charge is 2.69. The smallest absolute Gasteiger partial charge is 0.310 e. The Kier molecular flexibility index (Phi) is 4.85. The van der Waals surface area contributed by atoms with Gasteiger partial charge in [-0.25, -0.2) is 4.68 Å². The van der Waals surface area contributed by atoms with Gasteiger partial charge in [0.1, 0.15) is 23.1 Å². The molecule has 174 valence electrons. The van der Waals surface area contributed by atoms with Crippen molar-refractivity contribution in [2.45, 2.75) is 57.5 Å². The monoisotopic (exact) mass is 450 g/mol. The molecule has 1 N–H and O–H groups in total. The van der Waals surface area contributed by atoms with Crippen molar-refractivity contribution in [3.8, 4) is 11.4 Å². The van der Waals surface area contributed by atoms with Crippen LogP contribution in [0.5, 0.6) is 5.75 Å². The minimum Gasteiger partial charge on any atom is -0.494 e. The van der Waals surface area contributed by atoms with Crippen LogP contribution in [0.3, 0.4) is 0 Å². The van der Waals surface area contributed by atoms with Gasteiger partial charge in [-0.2, -0.15) is 0 Å². The van der Waals surface area contributed by atoms with Crippen LogP contribution in [0.2, 0.25) is 0 Å². The molecule has 1 aromatic heterocycles. The first-order chi connectivity index (χ1) is 16.0. The highest BCUT2D eigenvalue weighted by atomic mass is 16.6. The molecule has 0 spiro atoms. The van der Waals surface area contributed by atoms with Gasteiger partial charge >= 0.3 is 5.97 Å². The maximum atomic E-state index is 12.9. The van der Waals surface area contributed by atoms with E-state index in [1.54, 1.807) is 11.8 Å². The molecule has 6 rings (SSSR count). The van der Waals surface area contributed by atoms with Crippen LogP contribution in [0.25, 0.3) is 5.69 Å². The normalized spacial score (nSPS) is 34.4. The van der Waals surface area contributed by atoms with Crippen molar-refractivity contribution in [1.29, 1.82) is 0 Å². The van der Waals surface area contributed by atoms with Crippen LogP contribution < -0.4 is 10.1 Å². The molecule has 0 radical (unpaired) electrons.